The van der Waals surface area contributed by atoms with Gasteiger partial charge in [-0.15, -0.1) is 0 Å². The van der Waals surface area contributed by atoms with Gasteiger partial charge in [-0.2, -0.15) is 26.3 Å². The first-order chi connectivity index (χ1) is 17.8. The number of benzene rings is 2. The summed E-state index contributed by atoms with van der Waals surface area (Å²) in [5.74, 6) is -0.690. The highest BCUT2D eigenvalue weighted by Crippen LogP contribution is 2.36. The summed E-state index contributed by atoms with van der Waals surface area (Å²) in [7, 11) is 0. The summed E-state index contributed by atoms with van der Waals surface area (Å²) >= 11 is 0. The van der Waals surface area contributed by atoms with Gasteiger partial charge in [0.05, 0.1) is 28.5 Å². The molecule has 11 heteroatoms. The Hall–Kier alpha value is -3.44. The van der Waals surface area contributed by atoms with Gasteiger partial charge < -0.3 is 10.4 Å². The largest absolute Gasteiger partial charge is 0.416 e. The minimum absolute atomic E-state index is 0.0453. The average molecular weight is 538 g/mol. The Bertz CT molecular complexity index is 1290. The van der Waals surface area contributed by atoms with E-state index in [9.17, 15) is 36.2 Å². The van der Waals surface area contributed by atoms with Crippen molar-refractivity contribution in [1.82, 2.24) is 15.2 Å². The van der Waals surface area contributed by atoms with Crippen LogP contribution >= 0.6 is 0 Å². The fraction of sp³-hybridized carbons (Fsp3) is 0.333. The van der Waals surface area contributed by atoms with E-state index < -0.39 is 42.0 Å². The van der Waals surface area contributed by atoms with E-state index in [0.717, 1.165) is 11.1 Å². The molecule has 1 aliphatic rings. The summed E-state index contributed by atoms with van der Waals surface area (Å²) in [6.07, 6.45) is -8.38. The summed E-state index contributed by atoms with van der Waals surface area (Å²) in [5.41, 5.74) is -0.316. The first-order valence-corrected chi connectivity index (χ1v) is 11.8. The minimum atomic E-state index is -4.98. The number of hydrogen-bond donors (Lipinski definition) is 2. The highest BCUT2D eigenvalue weighted by atomic mass is 19.4. The molecule has 1 amide bonds. The van der Waals surface area contributed by atoms with Crippen molar-refractivity contribution in [3.8, 4) is 11.1 Å². The number of aromatic nitrogens is 1. The summed E-state index contributed by atoms with van der Waals surface area (Å²) in [6.45, 7) is 2.95. The zero-order valence-corrected chi connectivity index (χ0v) is 20.3. The number of nitrogens with one attached hydrogen (secondary N) is 1. The Morgan fingerprint density at radius 2 is 1.68 bits per heavy atom. The summed E-state index contributed by atoms with van der Waals surface area (Å²) in [4.78, 5) is 19.5. The highest BCUT2D eigenvalue weighted by Gasteiger charge is 2.37. The van der Waals surface area contributed by atoms with Crippen LogP contribution in [-0.4, -0.2) is 40.1 Å². The van der Waals surface area contributed by atoms with E-state index >= 15 is 0 Å². The lowest BCUT2D eigenvalue weighted by molar-refractivity contribution is -0.143. The molecule has 0 aliphatic carbocycles. The van der Waals surface area contributed by atoms with Gasteiger partial charge in [0.2, 0.25) is 0 Å². The smallest absolute Gasteiger partial charge is 0.392 e. The molecule has 1 saturated heterocycles. The van der Waals surface area contributed by atoms with Crippen molar-refractivity contribution in [3.63, 3.8) is 0 Å². The van der Waals surface area contributed by atoms with Gasteiger partial charge in [0, 0.05) is 32.4 Å². The molecule has 1 aliphatic heterocycles. The van der Waals surface area contributed by atoms with Crippen molar-refractivity contribution >= 4 is 5.91 Å². The van der Waals surface area contributed by atoms with Gasteiger partial charge in [0.25, 0.3) is 5.91 Å². The van der Waals surface area contributed by atoms with E-state index in [1.807, 2.05) is 30.0 Å². The topological polar surface area (TPSA) is 65.5 Å². The number of likely N-dealkylation sites (tertiary alicyclic amines) is 1. The van der Waals surface area contributed by atoms with E-state index in [1.54, 1.807) is 12.1 Å². The Balaban J connectivity index is 1.63. The van der Waals surface area contributed by atoms with Crippen molar-refractivity contribution in [2.75, 3.05) is 13.1 Å². The predicted octanol–water partition coefficient (Wildman–Crippen LogP) is 5.59. The van der Waals surface area contributed by atoms with Crippen LogP contribution in [0, 0.1) is 6.92 Å². The van der Waals surface area contributed by atoms with Crippen molar-refractivity contribution in [1.29, 1.82) is 0 Å². The molecule has 3 aromatic rings. The van der Waals surface area contributed by atoms with Gasteiger partial charge >= 0.3 is 12.4 Å². The maximum absolute atomic E-state index is 13.2. The number of pyridine rings is 1. The zero-order valence-electron chi connectivity index (χ0n) is 20.3. The van der Waals surface area contributed by atoms with Crippen molar-refractivity contribution in [3.05, 3.63) is 88.2 Å². The number of amides is 1. The molecule has 2 N–H and O–H groups in total. The molecular weight excluding hydrogens is 512 g/mol. The first-order valence-electron chi connectivity index (χ1n) is 11.8. The average Bonchev–Trinajstić information content (AvgIpc) is 3.26. The van der Waals surface area contributed by atoms with Gasteiger partial charge in [-0.3, -0.25) is 14.7 Å². The van der Waals surface area contributed by atoms with Crippen LogP contribution in [0.25, 0.3) is 11.1 Å². The normalized spacial score (nSPS) is 16.6. The van der Waals surface area contributed by atoms with E-state index in [2.05, 4.69) is 10.3 Å². The molecule has 2 heterocycles. The van der Waals surface area contributed by atoms with Crippen LogP contribution in [0.2, 0.25) is 0 Å². The van der Waals surface area contributed by atoms with Crippen molar-refractivity contribution in [2.45, 2.75) is 44.9 Å². The van der Waals surface area contributed by atoms with Gasteiger partial charge in [0.1, 0.15) is 0 Å². The van der Waals surface area contributed by atoms with Crippen LogP contribution in [0.3, 0.4) is 0 Å². The number of nitrogens with zero attached hydrogens (tertiary/aromatic N) is 2. The second kappa shape index (κ2) is 10.7. The molecule has 0 saturated carbocycles. The molecule has 1 fully saturated rings. The number of rotatable bonds is 6. The van der Waals surface area contributed by atoms with Crippen LogP contribution in [0.5, 0.6) is 0 Å². The second-order valence-electron chi connectivity index (χ2n) is 9.31. The van der Waals surface area contributed by atoms with Gasteiger partial charge in [0.15, 0.2) is 0 Å². The first kappa shape index (κ1) is 27.6. The van der Waals surface area contributed by atoms with Crippen LogP contribution in [0.1, 0.15) is 44.7 Å². The lowest BCUT2D eigenvalue weighted by Gasteiger charge is -2.18. The van der Waals surface area contributed by atoms with Crippen LogP contribution in [0.15, 0.2) is 54.7 Å². The summed E-state index contributed by atoms with van der Waals surface area (Å²) < 4.78 is 79.2. The summed E-state index contributed by atoms with van der Waals surface area (Å²) in [5, 5.41) is 12.2. The number of aliphatic hydroxyl groups excluding tert-OH is 1. The number of carbonyl (C=O) groups excluding carboxylic acids is 1. The SMILES string of the molecule is Cc1ccccc1-c1cc(CN2CCC(O)C2)ncc1C(=O)NCc1cc(C(F)(F)F)cc(C(F)(F)F)c1. The second-order valence-corrected chi connectivity index (χ2v) is 9.31. The van der Waals surface area contributed by atoms with E-state index in [-0.39, 0.29) is 17.2 Å². The van der Waals surface area contributed by atoms with Gasteiger partial charge in [-0.25, -0.2) is 0 Å². The molecule has 202 valence electrons. The highest BCUT2D eigenvalue weighted by molar-refractivity contribution is 6.01. The number of aryl methyl sites for hydroxylation is 1. The molecule has 5 nitrogen and oxygen atoms in total. The lowest BCUT2D eigenvalue weighted by atomic mass is 9.96. The molecule has 0 bridgehead atoms. The van der Waals surface area contributed by atoms with Crippen LogP contribution in [-0.2, 0) is 25.4 Å². The maximum atomic E-state index is 13.2. The zero-order chi connectivity index (χ0) is 27.7. The van der Waals surface area contributed by atoms with E-state index in [4.69, 9.17) is 0 Å². The summed E-state index contributed by atoms with van der Waals surface area (Å²) in [6, 6.07) is 10.3. The molecule has 1 aromatic heterocycles. The molecule has 0 radical (unpaired) electrons. The third-order valence-corrected chi connectivity index (χ3v) is 6.37. The minimum Gasteiger partial charge on any atom is -0.392 e. The quantitative estimate of drug-likeness (QED) is 0.403. The number of hydrogen-bond acceptors (Lipinski definition) is 4. The molecule has 38 heavy (non-hydrogen) atoms. The third-order valence-electron chi connectivity index (χ3n) is 6.37. The van der Waals surface area contributed by atoms with Crippen LogP contribution < -0.4 is 5.32 Å². The van der Waals surface area contributed by atoms with E-state index in [1.165, 1.54) is 6.20 Å². The van der Waals surface area contributed by atoms with E-state index in [0.29, 0.717) is 49.4 Å². The Morgan fingerprint density at radius 3 is 2.26 bits per heavy atom. The maximum Gasteiger partial charge on any atom is 0.416 e. The molecular formula is C27H25F6N3O2. The molecule has 0 spiro atoms. The van der Waals surface area contributed by atoms with Crippen LogP contribution in [0.4, 0.5) is 26.3 Å². The Kier molecular flexibility index (Phi) is 7.80. The molecule has 4 rings (SSSR count). The molecule has 1 atom stereocenters. The van der Waals surface area contributed by atoms with Crippen molar-refractivity contribution < 1.29 is 36.2 Å². The number of β-amino-alcohol motifs (C(OH)–C–C–N with tert-alkyl or cyclic N) is 1. The van der Waals surface area contributed by atoms with Gasteiger partial charge in [-0.1, -0.05) is 24.3 Å². The fourth-order valence-electron chi connectivity index (χ4n) is 4.45. The fourth-order valence-corrected chi connectivity index (χ4v) is 4.45. The monoisotopic (exact) mass is 537 g/mol. The standard InChI is InChI=1S/C27H25F6N3O2/c1-16-4-2-3-5-22(16)23-11-20(14-36-7-6-21(37)15-36)34-13-24(23)25(38)35-12-17-8-18(26(28,29)30)10-19(9-17)27(31,32)33/h2-5,8-11,13,21,37H,6-7,12,14-15H2,1H3,(H,35,38). The molecule has 1 unspecified atom stereocenters. The third kappa shape index (κ3) is 6.51. The van der Waals surface area contributed by atoms with Gasteiger partial charge in [-0.05, 0) is 59.9 Å². The lowest BCUT2D eigenvalue weighted by Crippen LogP contribution is -2.25. The van der Waals surface area contributed by atoms with Crippen molar-refractivity contribution in [2.24, 2.45) is 0 Å². The number of carbonyl (C=O) groups is 1. The predicted molar refractivity (Wildman–Crippen MR) is 128 cm³/mol. The number of alkyl halides is 6. The molecule has 2 aromatic carbocycles. The number of aliphatic hydroxyl groups is 1. The Labute approximate surface area is 215 Å². The Morgan fingerprint density at radius 1 is 1.03 bits per heavy atom. The number of halogens is 6.